The van der Waals surface area contributed by atoms with E-state index in [0.717, 1.165) is 11.5 Å². The van der Waals surface area contributed by atoms with E-state index in [1.54, 1.807) is 12.3 Å². The molecule has 94 valence electrons. The van der Waals surface area contributed by atoms with Gasteiger partial charge in [-0.2, -0.15) is 0 Å². The van der Waals surface area contributed by atoms with Crippen molar-refractivity contribution in [3.8, 4) is 0 Å². The summed E-state index contributed by atoms with van der Waals surface area (Å²) in [4.78, 5) is 8.80. The van der Waals surface area contributed by atoms with Crippen LogP contribution in [0.1, 0.15) is 30.1 Å². The van der Waals surface area contributed by atoms with Crippen molar-refractivity contribution in [2.24, 2.45) is 5.73 Å². The molecule has 1 atom stereocenters. The molecule has 0 aliphatic carbocycles. The standard InChI is InChI=1S/C12H14N4OS/c1-7-6-9(11(13)18)16-12(14-7)15-8(2)10-4-3-5-17-10/h3-6,8H,1-2H3,(H2,13,18)(H,14,15,16). The second-order valence-electron chi connectivity index (χ2n) is 3.96. The third-order valence-electron chi connectivity index (χ3n) is 2.42. The van der Waals surface area contributed by atoms with Crippen molar-refractivity contribution in [2.45, 2.75) is 19.9 Å². The van der Waals surface area contributed by atoms with Gasteiger partial charge in [0.2, 0.25) is 5.95 Å². The zero-order valence-electron chi connectivity index (χ0n) is 10.2. The molecule has 0 radical (unpaired) electrons. The molecular weight excluding hydrogens is 248 g/mol. The van der Waals surface area contributed by atoms with Gasteiger partial charge >= 0.3 is 0 Å². The lowest BCUT2D eigenvalue weighted by atomic mass is 10.2. The van der Waals surface area contributed by atoms with Gasteiger partial charge in [-0.3, -0.25) is 0 Å². The van der Waals surface area contributed by atoms with E-state index >= 15 is 0 Å². The molecule has 5 nitrogen and oxygen atoms in total. The Morgan fingerprint density at radius 3 is 2.89 bits per heavy atom. The summed E-state index contributed by atoms with van der Waals surface area (Å²) in [6.45, 7) is 3.83. The predicted octanol–water partition coefficient (Wildman–Crippen LogP) is 2.19. The first-order valence-electron chi connectivity index (χ1n) is 5.51. The lowest BCUT2D eigenvalue weighted by molar-refractivity contribution is 0.489. The number of rotatable bonds is 4. The number of hydrogen-bond donors (Lipinski definition) is 2. The van der Waals surface area contributed by atoms with Crippen molar-refractivity contribution >= 4 is 23.2 Å². The van der Waals surface area contributed by atoms with Crippen LogP contribution in [0.15, 0.2) is 28.9 Å². The summed E-state index contributed by atoms with van der Waals surface area (Å²) < 4.78 is 5.31. The number of anilines is 1. The number of nitrogens with zero attached hydrogens (tertiary/aromatic N) is 2. The maximum Gasteiger partial charge on any atom is 0.224 e. The molecular formula is C12H14N4OS. The summed E-state index contributed by atoms with van der Waals surface area (Å²) in [5.41, 5.74) is 6.94. The normalized spacial score (nSPS) is 12.1. The van der Waals surface area contributed by atoms with Crippen LogP contribution in [0.5, 0.6) is 0 Å². The van der Waals surface area contributed by atoms with E-state index in [1.165, 1.54) is 0 Å². The zero-order valence-corrected chi connectivity index (χ0v) is 11.0. The number of furan rings is 1. The van der Waals surface area contributed by atoms with Gasteiger partial charge in [-0.1, -0.05) is 12.2 Å². The molecule has 0 aliphatic heterocycles. The van der Waals surface area contributed by atoms with Crippen molar-refractivity contribution in [3.05, 3.63) is 41.6 Å². The average Bonchev–Trinajstić information content (AvgIpc) is 2.81. The third-order valence-corrected chi connectivity index (χ3v) is 2.63. The van der Waals surface area contributed by atoms with E-state index in [1.807, 2.05) is 26.0 Å². The Bertz CT molecular complexity index is 553. The molecule has 18 heavy (non-hydrogen) atoms. The average molecular weight is 262 g/mol. The Kier molecular flexibility index (Phi) is 3.57. The summed E-state index contributed by atoms with van der Waals surface area (Å²) in [7, 11) is 0. The lowest BCUT2D eigenvalue weighted by Gasteiger charge is -2.12. The molecule has 0 saturated carbocycles. The van der Waals surface area contributed by atoms with Crippen LogP contribution in [0.3, 0.4) is 0 Å². The summed E-state index contributed by atoms with van der Waals surface area (Å²) in [6.07, 6.45) is 1.63. The number of nitrogens with one attached hydrogen (secondary N) is 1. The number of nitrogens with two attached hydrogens (primary N) is 1. The summed E-state index contributed by atoms with van der Waals surface area (Å²) in [5.74, 6) is 1.30. The van der Waals surface area contributed by atoms with E-state index in [-0.39, 0.29) is 11.0 Å². The van der Waals surface area contributed by atoms with Gasteiger partial charge in [0, 0.05) is 5.69 Å². The van der Waals surface area contributed by atoms with Crippen LogP contribution < -0.4 is 11.1 Å². The van der Waals surface area contributed by atoms with Crippen LogP contribution in [-0.4, -0.2) is 15.0 Å². The molecule has 0 fully saturated rings. The Hall–Kier alpha value is -1.95. The van der Waals surface area contributed by atoms with Crippen LogP contribution in [-0.2, 0) is 0 Å². The van der Waals surface area contributed by atoms with Crippen LogP contribution in [0, 0.1) is 6.92 Å². The Balaban J connectivity index is 2.21. The Morgan fingerprint density at radius 2 is 2.28 bits per heavy atom. The van der Waals surface area contributed by atoms with E-state index < -0.39 is 0 Å². The third kappa shape index (κ3) is 2.84. The van der Waals surface area contributed by atoms with Gasteiger partial charge in [-0.05, 0) is 32.0 Å². The highest BCUT2D eigenvalue weighted by Crippen LogP contribution is 2.17. The molecule has 2 heterocycles. The fraction of sp³-hybridized carbons (Fsp3) is 0.250. The van der Waals surface area contributed by atoms with Gasteiger partial charge in [-0.25, -0.2) is 9.97 Å². The van der Waals surface area contributed by atoms with Crippen molar-refractivity contribution < 1.29 is 4.42 Å². The molecule has 0 spiro atoms. The van der Waals surface area contributed by atoms with Crippen LogP contribution >= 0.6 is 12.2 Å². The molecule has 2 aromatic rings. The quantitative estimate of drug-likeness (QED) is 0.822. The molecule has 0 aromatic carbocycles. The van der Waals surface area contributed by atoms with E-state index in [2.05, 4.69) is 15.3 Å². The van der Waals surface area contributed by atoms with E-state index in [4.69, 9.17) is 22.4 Å². The highest BCUT2D eigenvalue weighted by atomic mass is 32.1. The van der Waals surface area contributed by atoms with E-state index in [9.17, 15) is 0 Å². The van der Waals surface area contributed by atoms with E-state index in [0.29, 0.717) is 11.6 Å². The first kappa shape index (κ1) is 12.5. The van der Waals surface area contributed by atoms with Gasteiger partial charge in [0.05, 0.1) is 12.3 Å². The monoisotopic (exact) mass is 262 g/mol. The van der Waals surface area contributed by atoms with Crippen LogP contribution in [0.25, 0.3) is 0 Å². The van der Waals surface area contributed by atoms with Crippen molar-refractivity contribution in [1.29, 1.82) is 0 Å². The molecule has 6 heteroatoms. The topological polar surface area (TPSA) is 77.0 Å². The van der Waals surface area contributed by atoms with Crippen LogP contribution in [0.4, 0.5) is 5.95 Å². The second kappa shape index (κ2) is 5.14. The van der Waals surface area contributed by atoms with Crippen LogP contribution in [0.2, 0.25) is 0 Å². The molecule has 0 bridgehead atoms. The van der Waals surface area contributed by atoms with Gasteiger partial charge < -0.3 is 15.5 Å². The van der Waals surface area contributed by atoms with Gasteiger partial charge in [0.15, 0.2) is 0 Å². The minimum Gasteiger partial charge on any atom is -0.467 e. The Labute approximate surface area is 110 Å². The molecule has 2 aromatic heterocycles. The second-order valence-corrected chi connectivity index (χ2v) is 4.40. The van der Waals surface area contributed by atoms with Crippen molar-refractivity contribution in [2.75, 3.05) is 5.32 Å². The number of thiocarbonyl (C=S) groups is 1. The predicted molar refractivity (Wildman–Crippen MR) is 73.4 cm³/mol. The number of hydrogen-bond acceptors (Lipinski definition) is 5. The molecule has 0 amide bonds. The minimum atomic E-state index is -0.0269. The summed E-state index contributed by atoms with van der Waals surface area (Å²) in [6, 6.07) is 5.46. The number of aryl methyl sites for hydroxylation is 1. The zero-order chi connectivity index (χ0) is 13.1. The van der Waals surface area contributed by atoms with Gasteiger partial charge in [0.25, 0.3) is 0 Å². The molecule has 0 aliphatic rings. The lowest BCUT2D eigenvalue weighted by Crippen LogP contribution is -2.16. The SMILES string of the molecule is Cc1cc(C(N)=S)nc(NC(C)c2ccco2)n1. The Morgan fingerprint density at radius 1 is 1.50 bits per heavy atom. The van der Waals surface area contributed by atoms with Crippen molar-refractivity contribution in [1.82, 2.24) is 9.97 Å². The summed E-state index contributed by atoms with van der Waals surface area (Å²) >= 11 is 4.92. The molecule has 1 unspecified atom stereocenters. The smallest absolute Gasteiger partial charge is 0.224 e. The fourth-order valence-electron chi connectivity index (χ4n) is 1.56. The largest absolute Gasteiger partial charge is 0.467 e. The highest BCUT2D eigenvalue weighted by Gasteiger charge is 2.11. The summed E-state index contributed by atoms with van der Waals surface area (Å²) in [5, 5.41) is 3.15. The van der Waals surface area contributed by atoms with Gasteiger partial charge in [-0.15, -0.1) is 0 Å². The molecule has 0 saturated heterocycles. The first-order chi connectivity index (χ1) is 8.56. The first-order valence-corrected chi connectivity index (χ1v) is 5.92. The van der Waals surface area contributed by atoms with Gasteiger partial charge in [0.1, 0.15) is 16.4 Å². The van der Waals surface area contributed by atoms with Crippen molar-refractivity contribution in [3.63, 3.8) is 0 Å². The number of aromatic nitrogens is 2. The maximum absolute atomic E-state index is 5.57. The minimum absolute atomic E-state index is 0.0269. The maximum atomic E-state index is 5.57. The molecule has 2 rings (SSSR count). The highest BCUT2D eigenvalue weighted by molar-refractivity contribution is 7.80. The fourth-order valence-corrected chi connectivity index (χ4v) is 1.67. The molecule has 3 N–H and O–H groups in total.